The van der Waals surface area contributed by atoms with E-state index in [1.54, 1.807) is 35.2 Å². The van der Waals surface area contributed by atoms with Crippen LogP contribution in [0.15, 0.2) is 47.4 Å². The number of hydrogen-bond donors (Lipinski definition) is 2. The van der Waals surface area contributed by atoms with E-state index in [0.717, 1.165) is 25.9 Å². The van der Waals surface area contributed by atoms with Crippen LogP contribution in [0, 0.1) is 0 Å². The van der Waals surface area contributed by atoms with Crippen molar-refractivity contribution in [2.75, 3.05) is 36.3 Å². The van der Waals surface area contributed by atoms with Gasteiger partial charge in [0.05, 0.1) is 10.6 Å². The van der Waals surface area contributed by atoms with Gasteiger partial charge in [-0.2, -0.15) is 0 Å². The predicted molar refractivity (Wildman–Crippen MR) is 105 cm³/mol. The van der Waals surface area contributed by atoms with E-state index in [9.17, 15) is 13.2 Å². The number of likely N-dealkylation sites (tertiary alicyclic amines) is 1. The zero-order chi connectivity index (χ0) is 19.6. The molecule has 2 N–H and O–H groups in total. The molecule has 0 aliphatic carbocycles. The zero-order valence-electron chi connectivity index (χ0n) is 15.2. The summed E-state index contributed by atoms with van der Waals surface area (Å²) in [6.07, 6.45) is 2.02. The van der Waals surface area contributed by atoms with Crippen LogP contribution in [0.4, 0.5) is 16.2 Å². The lowest BCUT2D eigenvalue weighted by molar-refractivity contribution is 0.171. The minimum atomic E-state index is -3.77. The van der Waals surface area contributed by atoms with Gasteiger partial charge < -0.3 is 19.7 Å². The fourth-order valence-corrected chi connectivity index (χ4v) is 4.21. The molecule has 0 aromatic heterocycles. The van der Waals surface area contributed by atoms with E-state index in [1.807, 2.05) is 0 Å². The molecular formula is C19H21N3O5S. The molecule has 1 saturated heterocycles. The summed E-state index contributed by atoms with van der Waals surface area (Å²) in [7, 11) is -3.77. The van der Waals surface area contributed by atoms with Gasteiger partial charge in [-0.3, -0.25) is 4.72 Å². The van der Waals surface area contributed by atoms with Gasteiger partial charge >= 0.3 is 6.03 Å². The maximum atomic E-state index is 12.6. The van der Waals surface area contributed by atoms with Crippen molar-refractivity contribution < 1.29 is 22.7 Å². The molecule has 2 aromatic rings. The number of amides is 2. The Morgan fingerprint density at radius 3 is 2.25 bits per heavy atom. The molecule has 0 spiro atoms. The van der Waals surface area contributed by atoms with Gasteiger partial charge in [-0.05, 0) is 49.2 Å². The van der Waals surface area contributed by atoms with Crippen LogP contribution in [0.5, 0.6) is 11.5 Å². The van der Waals surface area contributed by atoms with Crippen LogP contribution in [0.2, 0.25) is 0 Å². The van der Waals surface area contributed by atoms with Gasteiger partial charge in [0, 0.05) is 24.8 Å². The van der Waals surface area contributed by atoms with Gasteiger partial charge in [0.15, 0.2) is 11.5 Å². The largest absolute Gasteiger partial charge is 0.486 e. The molecule has 2 aromatic carbocycles. The first-order valence-corrected chi connectivity index (χ1v) is 10.6. The van der Waals surface area contributed by atoms with E-state index >= 15 is 0 Å². The standard InChI is InChI=1S/C19H21N3O5S/c23-19(22-9-1-2-10-22)20-14-3-6-16(7-4-14)28(24,25)21-15-5-8-17-18(13-15)27-12-11-26-17/h3-8,13,21H,1-2,9-12H2,(H,20,23). The van der Waals surface area contributed by atoms with E-state index in [2.05, 4.69) is 10.0 Å². The lowest BCUT2D eigenvalue weighted by Gasteiger charge is -2.19. The molecule has 9 heteroatoms. The maximum absolute atomic E-state index is 12.6. The summed E-state index contributed by atoms with van der Waals surface area (Å²) in [6.45, 7) is 2.39. The molecule has 0 unspecified atom stereocenters. The Kier molecular flexibility index (Phi) is 4.99. The Hall–Kier alpha value is -2.94. The molecule has 2 heterocycles. The third-order valence-corrected chi connectivity index (χ3v) is 6.00. The van der Waals surface area contributed by atoms with Crippen molar-refractivity contribution in [3.63, 3.8) is 0 Å². The molecule has 0 bridgehead atoms. The van der Waals surface area contributed by atoms with Gasteiger partial charge in [-0.1, -0.05) is 0 Å². The molecule has 2 amide bonds. The number of anilines is 2. The van der Waals surface area contributed by atoms with Crippen LogP contribution in [0.25, 0.3) is 0 Å². The first-order valence-electron chi connectivity index (χ1n) is 9.10. The lowest BCUT2D eigenvalue weighted by atomic mass is 10.3. The minimum absolute atomic E-state index is 0.0987. The molecule has 0 atom stereocenters. The molecule has 0 radical (unpaired) electrons. The van der Waals surface area contributed by atoms with E-state index in [4.69, 9.17) is 9.47 Å². The third-order valence-electron chi connectivity index (χ3n) is 4.60. The van der Waals surface area contributed by atoms with Crippen LogP contribution in [-0.4, -0.2) is 45.7 Å². The van der Waals surface area contributed by atoms with E-state index < -0.39 is 10.0 Å². The van der Waals surface area contributed by atoms with E-state index in [1.165, 1.54) is 12.1 Å². The highest BCUT2D eigenvalue weighted by Crippen LogP contribution is 2.33. The summed E-state index contributed by atoms with van der Waals surface area (Å²) < 4.78 is 38.7. The van der Waals surface area contributed by atoms with Crippen molar-refractivity contribution in [1.29, 1.82) is 0 Å². The van der Waals surface area contributed by atoms with Crippen molar-refractivity contribution in [3.05, 3.63) is 42.5 Å². The number of fused-ring (bicyclic) bond motifs is 1. The zero-order valence-corrected chi connectivity index (χ0v) is 16.0. The molecule has 28 heavy (non-hydrogen) atoms. The Labute approximate surface area is 163 Å². The molecule has 4 rings (SSSR count). The van der Waals surface area contributed by atoms with Gasteiger partial charge in [-0.25, -0.2) is 13.2 Å². The molecule has 148 valence electrons. The number of urea groups is 1. The van der Waals surface area contributed by atoms with Crippen LogP contribution in [-0.2, 0) is 10.0 Å². The average Bonchev–Trinajstić information content (AvgIpc) is 3.23. The van der Waals surface area contributed by atoms with Crippen molar-refractivity contribution in [2.45, 2.75) is 17.7 Å². The Bertz CT molecular complexity index is 970. The van der Waals surface area contributed by atoms with Crippen molar-refractivity contribution in [1.82, 2.24) is 4.90 Å². The minimum Gasteiger partial charge on any atom is -0.486 e. The summed E-state index contributed by atoms with van der Waals surface area (Å²) >= 11 is 0. The molecule has 0 saturated carbocycles. The summed E-state index contributed by atoms with van der Waals surface area (Å²) in [5.41, 5.74) is 0.936. The number of carbonyl (C=O) groups excluding carboxylic acids is 1. The summed E-state index contributed by atoms with van der Waals surface area (Å²) in [5, 5.41) is 2.79. The Morgan fingerprint density at radius 2 is 1.54 bits per heavy atom. The molecule has 1 fully saturated rings. The Balaban J connectivity index is 1.44. The van der Waals surface area contributed by atoms with Crippen LogP contribution >= 0.6 is 0 Å². The fourth-order valence-electron chi connectivity index (χ4n) is 3.16. The second kappa shape index (κ2) is 7.59. The van der Waals surface area contributed by atoms with Crippen molar-refractivity contribution in [2.24, 2.45) is 0 Å². The van der Waals surface area contributed by atoms with Crippen LogP contribution in [0.1, 0.15) is 12.8 Å². The lowest BCUT2D eigenvalue weighted by Crippen LogP contribution is -2.32. The van der Waals surface area contributed by atoms with Crippen molar-refractivity contribution in [3.8, 4) is 11.5 Å². The van der Waals surface area contributed by atoms with Gasteiger partial charge in [0.2, 0.25) is 0 Å². The smallest absolute Gasteiger partial charge is 0.321 e. The van der Waals surface area contributed by atoms with Crippen LogP contribution < -0.4 is 19.5 Å². The van der Waals surface area contributed by atoms with Crippen molar-refractivity contribution >= 4 is 27.4 Å². The highest BCUT2D eigenvalue weighted by Gasteiger charge is 2.19. The SMILES string of the molecule is O=C(Nc1ccc(S(=O)(=O)Nc2ccc3c(c2)OCCO3)cc1)N1CCCC1. The number of carbonyl (C=O) groups is 1. The number of benzene rings is 2. The molecule has 8 nitrogen and oxygen atoms in total. The average molecular weight is 403 g/mol. The molecule has 2 aliphatic rings. The summed E-state index contributed by atoms with van der Waals surface area (Å²) in [5.74, 6) is 1.10. The first-order chi connectivity index (χ1) is 13.5. The van der Waals surface area contributed by atoms with Crippen LogP contribution in [0.3, 0.4) is 0 Å². The van der Waals surface area contributed by atoms with E-state index in [0.29, 0.717) is 36.1 Å². The number of rotatable bonds is 4. The second-order valence-electron chi connectivity index (χ2n) is 6.61. The van der Waals surface area contributed by atoms with Gasteiger partial charge in [0.25, 0.3) is 10.0 Å². The quantitative estimate of drug-likeness (QED) is 0.818. The number of ether oxygens (including phenoxy) is 2. The topological polar surface area (TPSA) is 97.0 Å². The fraction of sp³-hybridized carbons (Fsp3) is 0.316. The monoisotopic (exact) mass is 403 g/mol. The Morgan fingerprint density at radius 1 is 0.893 bits per heavy atom. The predicted octanol–water partition coefficient (Wildman–Crippen LogP) is 2.89. The first kappa shape index (κ1) is 18.4. The van der Waals surface area contributed by atoms with Gasteiger partial charge in [0.1, 0.15) is 13.2 Å². The van der Waals surface area contributed by atoms with E-state index in [-0.39, 0.29) is 10.9 Å². The third kappa shape index (κ3) is 3.99. The summed E-state index contributed by atoms with van der Waals surface area (Å²) in [6, 6.07) is 10.8. The number of hydrogen-bond acceptors (Lipinski definition) is 5. The molecule has 2 aliphatic heterocycles. The second-order valence-corrected chi connectivity index (χ2v) is 8.30. The highest BCUT2D eigenvalue weighted by atomic mass is 32.2. The highest BCUT2D eigenvalue weighted by molar-refractivity contribution is 7.92. The summed E-state index contributed by atoms with van der Waals surface area (Å²) in [4.78, 5) is 14.0. The number of nitrogens with one attached hydrogen (secondary N) is 2. The molecular weight excluding hydrogens is 382 g/mol. The normalized spacial score (nSPS) is 15.9. The number of nitrogens with zero attached hydrogens (tertiary/aromatic N) is 1. The maximum Gasteiger partial charge on any atom is 0.321 e. The number of sulfonamides is 1. The van der Waals surface area contributed by atoms with Gasteiger partial charge in [-0.15, -0.1) is 0 Å².